The number of hydrogen-bond donors (Lipinski definition) is 1. The van der Waals surface area contributed by atoms with Crippen molar-refractivity contribution in [3.8, 4) is 0 Å². The Kier molecular flexibility index (Phi) is 4.14. The van der Waals surface area contributed by atoms with Gasteiger partial charge in [0.1, 0.15) is 5.82 Å². The minimum Gasteiger partial charge on any atom is -0.311 e. The van der Waals surface area contributed by atoms with Crippen LogP contribution in [-0.2, 0) is 14.8 Å². The molecule has 23 heavy (non-hydrogen) atoms. The molecule has 120 valence electrons. The van der Waals surface area contributed by atoms with Crippen molar-refractivity contribution in [2.75, 3.05) is 11.4 Å². The molecule has 5 nitrogen and oxygen atoms in total. The summed E-state index contributed by atoms with van der Waals surface area (Å²) in [5.74, 6) is -0.681. The average Bonchev–Trinajstić information content (AvgIpc) is 2.88. The van der Waals surface area contributed by atoms with Gasteiger partial charge in [-0.25, -0.2) is 17.5 Å². The van der Waals surface area contributed by atoms with Gasteiger partial charge in [-0.05, 0) is 30.3 Å². The van der Waals surface area contributed by atoms with E-state index < -0.39 is 21.9 Å². The molecule has 2 aromatic rings. The van der Waals surface area contributed by atoms with Crippen LogP contribution in [-0.4, -0.2) is 26.9 Å². The molecule has 1 aliphatic heterocycles. The van der Waals surface area contributed by atoms with Crippen LogP contribution in [0.15, 0.2) is 59.5 Å². The minimum absolute atomic E-state index is 0.0442. The molecule has 1 atom stereocenters. The van der Waals surface area contributed by atoms with Crippen molar-refractivity contribution in [2.24, 2.45) is 0 Å². The maximum absolute atomic E-state index is 13.3. The standard InChI is InChI=1S/C16H15FN2O3S/c17-12-5-4-6-14(9-12)19-11-13(10-16(19)20)18-23(21,22)15-7-2-1-3-8-15/h1-9,13,18H,10-11H2. The van der Waals surface area contributed by atoms with Crippen LogP contribution in [0.1, 0.15) is 6.42 Å². The smallest absolute Gasteiger partial charge is 0.240 e. The molecule has 1 fully saturated rings. The van der Waals surface area contributed by atoms with Crippen LogP contribution in [0.2, 0.25) is 0 Å². The zero-order chi connectivity index (χ0) is 16.4. The summed E-state index contributed by atoms with van der Waals surface area (Å²) in [6, 6.07) is 13.1. The van der Waals surface area contributed by atoms with Crippen molar-refractivity contribution >= 4 is 21.6 Å². The summed E-state index contributed by atoms with van der Waals surface area (Å²) in [5.41, 5.74) is 0.427. The number of rotatable bonds is 4. The molecule has 1 aliphatic rings. The molecule has 7 heteroatoms. The third kappa shape index (κ3) is 3.40. The Bertz CT molecular complexity index is 824. The zero-order valence-corrected chi connectivity index (χ0v) is 13.0. The lowest BCUT2D eigenvalue weighted by Crippen LogP contribution is -2.37. The van der Waals surface area contributed by atoms with Gasteiger partial charge < -0.3 is 4.90 Å². The predicted octanol–water partition coefficient (Wildman–Crippen LogP) is 1.91. The number of anilines is 1. The first-order valence-corrected chi connectivity index (χ1v) is 8.57. The summed E-state index contributed by atoms with van der Waals surface area (Å²) in [7, 11) is -3.68. The van der Waals surface area contributed by atoms with E-state index in [2.05, 4.69) is 4.72 Å². The average molecular weight is 334 g/mol. The van der Waals surface area contributed by atoms with Gasteiger partial charge in [-0.3, -0.25) is 4.79 Å². The first-order valence-electron chi connectivity index (χ1n) is 7.09. The molecule has 0 spiro atoms. The van der Waals surface area contributed by atoms with Gasteiger partial charge in [0, 0.05) is 24.7 Å². The normalized spacial score (nSPS) is 18.4. The van der Waals surface area contributed by atoms with E-state index in [1.165, 1.54) is 35.2 Å². The third-order valence-electron chi connectivity index (χ3n) is 3.62. The molecule has 0 saturated carbocycles. The monoisotopic (exact) mass is 334 g/mol. The molecule has 1 heterocycles. The van der Waals surface area contributed by atoms with Crippen LogP contribution in [0, 0.1) is 5.82 Å². The van der Waals surface area contributed by atoms with Gasteiger partial charge in [0.05, 0.1) is 4.90 Å². The molecule has 2 aromatic carbocycles. The quantitative estimate of drug-likeness (QED) is 0.929. The Balaban J connectivity index is 1.76. The second-order valence-corrected chi connectivity index (χ2v) is 7.03. The van der Waals surface area contributed by atoms with Crippen molar-refractivity contribution in [3.05, 3.63) is 60.4 Å². The molecule has 1 N–H and O–H groups in total. The molecule has 3 rings (SSSR count). The summed E-state index contributed by atoms with van der Waals surface area (Å²) in [6.07, 6.45) is 0.0442. The molecule has 1 unspecified atom stereocenters. The highest BCUT2D eigenvalue weighted by Gasteiger charge is 2.33. The van der Waals surface area contributed by atoms with Crippen molar-refractivity contribution in [1.82, 2.24) is 4.72 Å². The van der Waals surface area contributed by atoms with E-state index >= 15 is 0 Å². The molecular weight excluding hydrogens is 319 g/mol. The molecule has 0 bridgehead atoms. The van der Waals surface area contributed by atoms with E-state index in [0.717, 1.165) is 0 Å². The van der Waals surface area contributed by atoms with Gasteiger partial charge in [-0.2, -0.15) is 0 Å². The van der Waals surface area contributed by atoms with Gasteiger partial charge in [-0.1, -0.05) is 24.3 Å². The predicted molar refractivity (Wildman–Crippen MR) is 83.9 cm³/mol. The minimum atomic E-state index is -3.68. The summed E-state index contributed by atoms with van der Waals surface area (Å²) in [4.78, 5) is 13.6. The van der Waals surface area contributed by atoms with Crippen LogP contribution in [0.5, 0.6) is 0 Å². The lowest BCUT2D eigenvalue weighted by atomic mass is 10.3. The first kappa shape index (κ1) is 15.6. The number of nitrogens with one attached hydrogen (secondary N) is 1. The Labute approximate surface area is 133 Å². The van der Waals surface area contributed by atoms with Gasteiger partial charge in [0.2, 0.25) is 15.9 Å². The van der Waals surface area contributed by atoms with Crippen LogP contribution < -0.4 is 9.62 Å². The van der Waals surface area contributed by atoms with Gasteiger partial charge in [0.15, 0.2) is 0 Å². The Morgan fingerprint density at radius 1 is 1.09 bits per heavy atom. The summed E-state index contributed by atoms with van der Waals surface area (Å²) in [5, 5.41) is 0. The van der Waals surface area contributed by atoms with Crippen molar-refractivity contribution in [1.29, 1.82) is 0 Å². The molecule has 0 aromatic heterocycles. The van der Waals surface area contributed by atoms with Crippen molar-refractivity contribution < 1.29 is 17.6 Å². The molecular formula is C16H15FN2O3S. The number of amides is 1. The third-order valence-corrected chi connectivity index (χ3v) is 5.16. The fourth-order valence-corrected chi connectivity index (χ4v) is 3.82. The summed E-state index contributed by atoms with van der Waals surface area (Å²) in [6.45, 7) is 0.175. The van der Waals surface area contributed by atoms with Gasteiger partial charge in [0.25, 0.3) is 0 Å². The lowest BCUT2D eigenvalue weighted by Gasteiger charge is -2.17. The SMILES string of the molecule is O=C1CC(NS(=O)(=O)c2ccccc2)CN1c1cccc(F)c1. The van der Waals surface area contributed by atoms with Crippen molar-refractivity contribution in [3.63, 3.8) is 0 Å². The number of sulfonamides is 1. The van der Waals surface area contributed by atoms with Crippen molar-refractivity contribution in [2.45, 2.75) is 17.4 Å². The number of hydrogen-bond acceptors (Lipinski definition) is 3. The molecule has 1 amide bonds. The van der Waals surface area contributed by atoms with Crippen LogP contribution in [0.4, 0.5) is 10.1 Å². The fourth-order valence-electron chi connectivity index (χ4n) is 2.57. The number of halogens is 1. The lowest BCUT2D eigenvalue weighted by molar-refractivity contribution is -0.117. The zero-order valence-electron chi connectivity index (χ0n) is 12.1. The Morgan fingerprint density at radius 3 is 2.52 bits per heavy atom. The number of carbonyl (C=O) groups excluding carboxylic acids is 1. The van der Waals surface area contributed by atoms with Crippen LogP contribution in [0.3, 0.4) is 0 Å². The summed E-state index contributed by atoms with van der Waals surface area (Å²) >= 11 is 0. The van der Waals surface area contributed by atoms with Crippen LogP contribution >= 0.6 is 0 Å². The highest BCUT2D eigenvalue weighted by molar-refractivity contribution is 7.89. The molecule has 1 saturated heterocycles. The van der Waals surface area contributed by atoms with E-state index in [1.54, 1.807) is 24.3 Å². The van der Waals surface area contributed by atoms with E-state index in [-0.39, 0.29) is 23.8 Å². The summed E-state index contributed by atoms with van der Waals surface area (Å²) < 4.78 is 40.4. The van der Waals surface area contributed by atoms with E-state index in [1.807, 2.05) is 0 Å². The Morgan fingerprint density at radius 2 is 1.83 bits per heavy atom. The number of carbonyl (C=O) groups is 1. The maximum Gasteiger partial charge on any atom is 0.240 e. The molecule has 0 radical (unpaired) electrons. The number of benzene rings is 2. The number of nitrogens with zero attached hydrogens (tertiary/aromatic N) is 1. The van der Waals surface area contributed by atoms with Gasteiger partial charge >= 0.3 is 0 Å². The fraction of sp³-hybridized carbons (Fsp3) is 0.188. The van der Waals surface area contributed by atoms with E-state index in [4.69, 9.17) is 0 Å². The first-order chi connectivity index (χ1) is 11.0. The highest BCUT2D eigenvalue weighted by Crippen LogP contribution is 2.23. The van der Waals surface area contributed by atoms with E-state index in [0.29, 0.717) is 5.69 Å². The largest absolute Gasteiger partial charge is 0.311 e. The maximum atomic E-state index is 13.3. The van der Waals surface area contributed by atoms with E-state index in [9.17, 15) is 17.6 Å². The topological polar surface area (TPSA) is 66.5 Å². The molecule has 0 aliphatic carbocycles. The highest BCUT2D eigenvalue weighted by atomic mass is 32.2. The second-order valence-electron chi connectivity index (χ2n) is 5.32. The Hall–Kier alpha value is -2.25. The van der Waals surface area contributed by atoms with Crippen LogP contribution in [0.25, 0.3) is 0 Å². The van der Waals surface area contributed by atoms with Gasteiger partial charge in [-0.15, -0.1) is 0 Å². The second kappa shape index (κ2) is 6.10.